The molecular weight excluding hydrogens is 400 g/mol. The van der Waals surface area contributed by atoms with Crippen LogP contribution in [0.25, 0.3) is 0 Å². The van der Waals surface area contributed by atoms with Gasteiger partial charge in [0, 0.05) is 11.6 Å². The number of halogens is 1. The number of methoxy groups -OCH3 is 1. The monoisotopic (exact) mass is 424 g/mol. The number of benzene rings is 2. The van der Waals surface area contributed by atoms with Crippen LogP contribution < -0.4 is 14.4 Å². The Morgan fingerprint density at radius 1 is 1.14 bits per heavy atom. The molecule has 152 valence electrons. The van der Waals surface area contributed by atoms with Gasteiger partial charge in [-0.25, -0.2) is 8.42 Å². The van der Waals surface area contributed by atoms with E-state index in [1.807, 2.05) is 24.3 Å². The smallest absolute Gasteiger partial charge is 0.243 e. The minimum atomic E-state index is -3.64. The fourth-order valence-electron chi connectivity index (χ4n) is 2.84. The molecule has 0 saturated heterocycles. The van der Waals surface area contributed by atoms with Crippen LogP contribution in [0.4, 0.5) is 5.69 Å². The fourth-order valence-corrected chi connectivity index (χ4v) is 4.14. The van der Waals surface area contributed by atoms with Crippen LogP contribution >= 0.6 is 11.6 Å². The topological polar surface area (TPSA) is 75.7 Å². The second kappa shape index (κ2) is 9.80. The van der Waals surface area contributed by atoms with Crippen molar-refractivity contribution in [2.24, 2.45) is 0 Å². The summed E-state index contributed by atoms with van der Waals surface area (Å²) in [7, 11) is -2.11. The van der Waals surface area contributed by atoms with Crippen LogP contribution in [0, 0.1) is 0 Å². The molecule has 2 aromatic rings. The fraction of sp³-hybridized carbons (Fsp3) is 0.350. The number of nitrogens with one attached hydrogen (secondary N) is 1. The van der Waals surface area contributed by atoms with Crippen molar-refractivity contribution < 1.29 is 17.9 Å². The van der Waals surface area contributed by atoms with Crippen LogP contribution in [0.5, 0.6) is 5.75 Å². The van der Waals surface area contributed by atoms with Crippen LogP contribution in [0.15, 0.2) is 48.5 Å². The minimum absolute atomic E-state index is 0.350. The van der Waals surface area contributed by atoms with E-state index in [4.69, 9.17) is 16.3 Å². The van der Waals surface area contributed by atoms with Crippen LogP contribution in [0.1, 0.15) is 18.9 Å². The average molecular weight is 425 g/mol. The molecule has 0 bridgehead atoms. The van der Waals surface area contributed by atoms with Crippen molar-refractivity contribution >= 4 is 33.2 Å². The first-order chi connectivity index (χ1) is 13.2. The Balaban J connectivity index is 1.97. The molecule has 0 radical (unpaired) electrons. The van der Waals surface area contributed by atoms with E-state index < -0.39 is 16.1 Å². The van der Waals surface area contributed by atoms with Crippen LogP contribution in [-0.2, 0) is 21.2 Å². The molecule has 0 saturated carbocycles. The highest BCUT2D eigenvalue weighted by molar-refractivity contribution is 7.92. The van der Waals surface area contributed by atoms with Crippen molar-refractivity contribution in [3.05, 3.63) is 59.1 Å². The van der Waals surface area contributed by atoms with Gasteiger partial charge in [0.25, 0.3) is 0 Å². The molecule has 2 rings (SSSR count). The summed E-state index contributed by atoms with van der Waals surface area (Å²) in [6.45, 7) is 2.02. The normalized spacial score (nSPS) is 12.3. The van der Waals surface area contributed by atoms with Crippen molar-refractivity contribution in [2.75, 3.05) is 24.2 Å². The number of ether oxygens (including phenoxy) is 1. The first-order valence-corrected chi connectivity index (χ1v) is 11.1. The maximum atomic E-state index is 12.5. The van der Waals surface area contributed by atoms with Gasteiger partial charge >= 0.3 is 0 Å². The molecule has 0 unspecified atom stereocenters. The molecule has 0 fully saturated rings. The third kappa shape index (κ3) is 6.14. The second-order valence-electron chi connectivity index (χ2n) is 6.45. The molecule has 0 aliphatic carbocycles. The van der Waals surface area contributed by atoms with Gasteiger partial charge in [0.2, 0.25) is 15.9 Å². The first-order valence-electron chi connectivity index (χ1n) is 8.88. The number of carbonyl (C=O) groups excluding carboxylic acids is 1. The van der Waals surface area contributed by atoms with Gasteiger partial charge in [-0.1, -0.05) is 23.7 Å². The Bertz CT molecular complexity index is 883. The molecule has 28 heavy (non-hydrogen) atoms. The standard InChI is InChI=1S/C20H25ClN2O4S/c1-15(20(24)22-14-4-5-16-6-8-17(21)9-7-16)23(28(3,25)26)18-10-12-19(27-2)13-11-18/h6-13,15H,4-5,14H2,1-3H3,(H,22,24)/t15-/m1/s1. The number of nitrogens with zero attached hydrogens (tertiary/aromatic N) is 1. The lowest BCUT2D eigenvalue weighted by Crippen LogP contribution is -2.48. The highest BCUT2D eigenvalue weighted by atomic mass is 35.5. The van der Waals surface area contributed by atoms with E-state index in [2.05, 4.69) is 5.32 Å². The van der Waals surface area contributed by atoms with Gasteiger partial charge < -0.3 is 10.1 Å². The van der Waals surface area contributed by atoms with Gasteiger partial charge in [-0.05, 0) is 61.7 Å². The molecule has 0 spiro atoms. The number of sulfonamides is 1. The van der Waals surface area contributed by atoms with Crippen molar-refractivity contribution in [2.45, 2.75) is 25.8 Å². The van der Waals surface area contributed by atoms with Crippen molar-refractivity contribution in [1.29, 1.82) is 0 Å². The second-order valence-corrected chi connectivity index (χ2v) is 8.75. The number of amides is 1. The van der Waals surface area contributed by atoms with Crippen LogP contribution in [-0.4, -0.2) is 40.3 Å². The molecule has 1 amide bonds. The van der Waals surface area contributed by atoms with Gasteiger partial charge in [-0.2, -0.15) is 0 Å². The predicted molar refractivity (Wildman–Crippen MR) is 113 cm³/mol. The third-order valence-corrected chi connectivity index (χ3v) is 5.76. The van der Waals surface area contributed by atoms with Gasteiger partial charge in [-0.15, -0.1) is 0 Å². The molecule has 0 heterocycles. The summed E-state index contributed by atoms with van der Waals surface area (Å²) in [5, 5.41) is 3.50. The van der Waals surface area contributed by atoms with E-state index in [1.165, 1.54) is 7.11 Å². The van der Waals surface area contributed by atoms with E-state index >= 15 is 0 Å². The summed E-state index contributed by atoms with van der Waals surface area (Å²) in [6, 6.07) is 13.2. The van der Waals surface area contributed by atoms with E-state index in [0.717, 1.165) is 29.0 Å². The highest BCUT2D eigenvalue weighted by Crippen LogP contribution is 2.23. The Kier molecular flexibility index (Phi) is 7.71. The summed E-state index contributed by atoms with van der Waals surface area (Å²) in [5.41, 5.74) is 1.54. The molecular formula is C20H25ClN2O4S. The van der Waals surface area contributed by atoms with Crippen LogP contribution in [0.3, 0.4) is 0 Å². The van der Waals surface area contributed by atoms with Crippen molar-refractivity contribution in [1.82, 2.24) is 5.32 Å². The molecule has 2 aromatic carbocycles. The first kappa shape index (κ1) is 22.0. The summed E-state index contributed by atoms with van der Waals surface area (Å²) in [5.74, 6) is 0.258. The maximum absolute atomic E-state index is 12.5. The Labute approximate surface area is 171 Å². The largest absolute Gasteiger partial charge is 0.497 e. The summed E-state index contributed by atoms with van der Waals surface area (Å²) in [4.78, 5) is 12.5. The van der Waals surface area contributed by atoms with Crippen LogP contribution in [0.2, 0.25) is 5.02 Å². The molecule has 0 aliphatic heterocycles. The van der Waals surface area contributed by atoms with Gasteiger partial charge in [0.05, 0.1) is 19.1 Å². The van der Waals surface area contributed by atoms with Gasteiger partial charge in [0.1, 0.15) is 11.8 Å². The lowest BCUT2D eigenvalue weighted by atomic mass is 10.1. The zero-order valence-electron chi connectivity index (χ0n) is 16.2. The Morgan fingerprint density at radius 3 is 2.29 bits per heavy atom. The van der Waals surface area contributed by atoms with E-state index in [-0.39, 0.29) is 5.91 Å². The third-order valence-electron chi connectivity index (χ3n) is 4.27. The lowest BCUT2D eigenvalue weighted by molar-refractivity contribution is -0.121. The number of aryl methyl sites for hydroxylation is 1. The van der Waals surface area contributed by atoms with Crippen molar-refractivity contribution in [3.8, 4) is 5.75 Å². The molecule has 6 nitrogen and oxygen atoms in total. The predicted octanol–water partition coefficient (Wildman–Crippen LogP) is 3.25. The molecule has 1 N–H and O–H groups in total. The Hall–Kier alpha value is -2.25. The minimum Gasteiger partial charge on any atom is -0.497 e. The molecule has 0 aromatic heterocycles. The molecule has 1 atom stereocenters. The molecule has 0 aliphatic rings. The average Bonchev–Trinajstić information content (AvgIpc) is 2.66. The molecule has 8 heteroatoms. The SMILES string of the molecule is COc1ccc(N([C@H](C)C(=O)NCCCc2ccc(Cl)cc2)S(C)(=O)=O)cc1. The maximum Gasteiger partial charge on any atom is 0.243 e. The Morgan fingerprint density at radius 2 is 1.75 bits per heavy atom. The van der Waals surface area contributed by atoms with Crippen molar-refractivity contribution in [3.63, 3.8) is 0 Å². The van der Waals surface area contributed by atoms with Gasteiger partial charge in [-0.3, -0.25) is 9.10 Å². The summed E-state index contributed by atoms with van der Waals surface area (Å²) >= 11 is 5.87. The summed E-state index contributed by atoms with van der Waals surface area (Å²) < 4.78 is 30.8. The van der Waals surface area contributed by atoms with E-state index in [9.17, 15) is 13.2 Å². The number of hydrogen-bond acceptors (Lipinski definition) is 4. The number of carbonyl (C=O) groups is 1. The number of hydrogen-bond donors (Lipinski definition) is 1. The summed E-state index contributed by atoms with van der Waals surface area (Å²) in [6.07, 6.45) is 2.61. The van der Waals surface area contributed by atoms with E-state index in [0.29, 0.717) is 23.0 Å². The zero-order valence-corrected chi connectivity index (χ0v) is 17.8. The number of rotatable bonds is 9. The quantitative estimate of drug-likeness (QED) is 0.627. The number of anilines is 1. The zero-order chi connectivity index (χ0) is 20.7. The van der Waals surface area contributed by atoms with Gasteiger partial charge in [0.15, 0.2) is 0 Å². The lowest BCUT2D eigenvalue weighted by Gasteiger charge is -2.28. The highest BCUT2D eigenvalue weighted by Gasteiger charge is 2.28. The van der Waals surface area contributed by atoms with E-state index in [1.54, 1.807) is 31.2 Å².